The van der Waals surface area contributed by atoms with Gasteiger partial charge in [0.05, 0.1) is 12.6 Å². The summed E-state index contributed by atoms with van der Waals surface area (Å²) >= 11 is 1.43. The number of nitrogens with one attached hydrogen (secondary N) is 2. The third-order valence-electron chi connectivity index (χ3n) is 5.26. The van der Waals surface area contributed by atoms with E-state index < -0.39 is 5.25 Å². The SMILES string of the molecule is CCOc1ccc([C@H]2Nn3c(CC)nnc3S[C@H]2C(=O)Nc2ccc(CC)cc2)cc1. The smallest absolute Gasteiger partial charge is 0.240 e. The molecule has 1 aliphatic rings. The fraction of sp³-hybridized carbons (Fsp3) is 0.348. The van der Waals surface area contributed by atoms with Gasteiger partial charge >= 0.3 is 0 Å². The summed E-state index contributed by atoms with van der Waals surface area (Å²) in [5.41, 5.74) is 6.49. The number of aryl methyl sites for hydroxylation is 2. The molecule has 8 heteroatoms. The second-order valence-corrected chi connectivity index (χ2v) is 8.38. The average molecular weight is 438 g/mol. The molecule has 4 rings (SSSR count). The first kappa shape index (κ1) is 21.2. The summed E-state index contributed by atoms with van der Waals surface area (Å²) in [7, 11) is 0. The number of fused-ring (bicyclic) bond motifs is 1. The maximum Gasteiger partial charge on any atom is 0.240 e. The largest absolute Gasteiger partial charge is 0.494 e. The van der Waals surface area contributed by atoms with Crippen LogP contribution < -0.4 is 15.5 Å². The van der Waals surface area contributed by atoms with Crippen LogP contribution in [-0.4, -0.2) is 32.6 Å². The molecule has 0 spiro atoms. The van der Waals surface area contributed by atoms with Gasteiger partial charge in [0.15, 0.2) is 5.82 Å². The Morgan fingerprint density at radius 1 is 1.06 bits per heavy atom. The number of hydrogen-bond acceptors (Lipinski definition) is 6. The zero-order valence-electron chi connectivity index (χ0n) is 18.0. The van der Waals surface area contributed by atoms with Crippen molar-refractivity contribution in [2.24, 2.45) is 0 Å². The van der Waals surface area contributed by atoms with Gasteiger partial charge in [-0.1, -0.05) is 49.9 Å². The van der Waals surface area contributed by atoms with Crippen molar-refractivity contribution in [2.45, 2.75) is 50.1 Å². The van der Waals surface area contributed by atoms with Crippen molar-refractivity contribution in [3.63, 3.8) is 0 Å². The molecule has 0 saturated heterocycles. The van der Waals surface area contributed by atoms with E-state index in [1.807, 2.05) is 67.1 Å². The summed E-state index contributed by atoms with van der Waals surface area (Å²) in [5, 5.41) is 11.9. The lowest BCUT2D eigenvalue weighted by atomic mass is 10.0. The minimum Gasteiger partial charge on any atom is -0.494 e. The van der Waals surface area contributed by atoms with Gasteiger partial charge in [-0.15, -0.1) is 10.2 Å². The maximum atomic E-state index is 13.3. The van der Waals surface area contributed by atoms with E-state index in [1.165, 1.54) is 17.3 Å². The fourth-order valence-corrected chi connectivity index (χ4v) is 4.65. The molecule has 31 heavy (non-hydrogen) atoms. The van der Waals surface area contributed by atoms with Gasteiger partial charge in [0.2, 0.25) is 11.1 Å². The molecule has 2 atom stereocenters. The first-order chi connectivity index (χ1) is 15.1. The monoisotopic (exact) mass is 437 g/mol. The summed E-state index contributed by atoms with van der Waals surface area (Å²) in [5.74, 6) is 1.58. The first-order valence-corrected chi connectivity index (χ1v) is 11.5. The molecule has 1 aliphatic heterocycles. The highest BCUT2D eigenvalue weighted by molar-refractivity contribution is 8.00. The fourth-order valence-electron chi connectivity index (χ4n) is 3.55. The van der Waals surface area contributed by atoms with Crippen molar-refractivity contribution in [2.75, 3.05) is 17.3 Å². The van der Waals surface area contributed by atoms with E-state index in [4.69, 9.17) is 4.74 Å². The highest BCUT2D eigenvalue weighted by Crippen LogP contribution is 2.38. The van der Waals surface area contributed by atoms with Gasteiger partial charge < -0.3 is 15.5 Å². The number of aromatic nitrogens is 3. The van der Waals surface area contributed by atoms with Gasteiger partial charge in [-0.25, -0.2) is 4.68 Å². The van der Waals surface area contributed by atoms with Crippen molar-refractivity contribution in [3.8, 4) is 5.75 Å². The molecule has 0 saturated carbocycles. The lowest BCUT2D eigenvalue weighted by Crippen LogP contribution is -2.41. The quantitative estimate of drug-likeness (QED) is 0.577. The molecule has 2 heterocycles. The van der Waals surface area contributed by atoms with Gasteiger partial charge in [0, 0.05) is 12.1 Å². The number of hydrogen-bond donors (Lipinski definition) is 2. The lowest BCUT2D eigenvalue weighted by molar-refractivity contribution is -0.116. The van der Waals surface area contributed by atoms with Crippen molar-refractivity contribution in [3.05, 3.63) is 65.5 Å². The van der Waals surface area contributed by atoms with Crippen LogP contribution >= 0.6 is 11.8 Å². The molecule has 3 aromatic rings. The Bertz CT molecular complexity index is 1030. The highest BCUT2D eigenvalue weighted by Gasteiger charge is 2.37. The van der Waals surface area contributed by atoms with Gasteiger partial charge in [0.25, 0.3) is 0 Å². The second kappa shape index (κ2) is 9.43. The van der Waals surface area contributed by atoms with Crippen LogP contribution in [0.2, 0.25) is 0 Å². The maximum absolute atomic E-state index is 13.3. The van der Waals surface area contributed by atoms with Crippen LogP contribution in [0.1, 0.15) is 43.8 Å². The van der Waals surface area contributed by atoms with Crippen LogP contribution in [0.15, 0.2) is 53.7 Å². The van der Waals surface area contributed by atoms with Crippen LogP contribution in [0.25, 0.3) is 0 Å². The number of rotatable bonds is 7. The number of ether oxygens (including phenoxy) is 1. The Kier molecular flexibility index (Phi) is 6.46. The predicted octanol–water partition coefficient (Wildman–Crippen LogP) is 4.20. The topological polar surface area (TPSA) is 81.1 Å². The van der Waals surface area contributed by atoms with Crippen LogP contribution in [0, 0.1) is 0 Å². The summed E-state index contributed by atoms with van der Waals surface area (Å²) in [4.78, 5) is 13.3. The molecule has 0 radical (unpaired) electrons. The van der Waals surface area contributed by atoms with Crippen LogP contribution in [0.5, 0.6) is 5.75 Å². The van der Waals surface area contributed by atoms with E-state index in [2.05, 4.69) is 27.9 Å². The van der Waals surface area contributed by atoms with Crippen molar-refractivity contribution in [1.29, 1.82) is 0 Å². The molecule has 1 amide bonds. The van der Waals surface area contributed by atoms with Gasteiger partial charge in [-0.2, -0.15) is 0 Å². The second-order valence-electron chi connectivity index (χ2n) is 7.27. The minimum absolute atomic E-state index is 0.0760. The Labute approximate surface area is 186 Å². The molecule has 0 unspecified atom stereocenters. The van der Waals surface area contributed by atoms with Crippen molar-refractivity contribution in [1.82, 2.24) is 14.9 Å². The Hall–Kier alpha value is -3.00. The summed E-state index contributed by atoms with van der Waals surface area (Å²) in [6, 6.07) is 15.6. The molecule has 0 aliphatic carbocycles. The van der Waals surface area contributed by atoms with Crippen LogP contribution in [0.4, 0.5) is 5.69 Å². The van der Waals surface area contributed by atoms with E-state index in [0.29, 0.717) is 11.8 Å². The molecule has 0 fully saturated rings. The molecule has 2 N–H and O–H groups in total. The lowest BCUT2D eigenvalue weighted by Gasteiger charge is -2.33. The minimum atomic E-state index is -0.412. The zero-order valence-corrected chi connectivity index (χ0v) is 18.8. The van der Waals surface area contributed by atoms with Gasteiger partial charge in [0.1, 0.15) is 11.0 Å². The predicted molar refractivity (Wildman–Crippen MR) is 123 cm³/mol. The zero-order chi connectivity index (χ0) is 21.8. The van der Waals surface area contributed by atoms with E-state index in [9.17, 15) is 4.79 Å². The Morgan fingerprint density at radius 2 is 1.81 bits per heavy atom. The highest BCUT2D eigenvalue weighted by atomic mass is 32.2. The number of anilines is 1. The Balaban J connectivity index is 1.62. The number of benzene rings is 2. The molecule has 0 bridgehead atoms. The van der Waals surface area contributed by atoms with Gasteiger partial charge in [-0.3, -0.25) is 4.79 Å². The molecule has 2 aromatic carbocycles. The third-order valence-corrected chi connectivity index (χ3v) is 6.47. The van der Waals surface area contributed by atoms with Crippen molar-refractivity contribution >= 4 is 23.4 Å². The number of carbonyl (C=O) groups is 1. The number of nitrogens with zero attached hydrogens (tertiary/aromatic N) is 3. The number of thioether (sulfide) groups is 1. The Morgan fingerprint density at radius 3 is 2.45 bits per heavy atom. The van der Waals surface area contributed by atoms with E-state index in [1.54, 1.807) is 0 Å². The molecular formula is C23H27N5O2S. The summed E-state index contributed by atoms with van der Waals surface area (Å²) in [6.07, 6.45) is 1.71. The van der Waals surface area contributed by atoms with Gasteiger partial charge in [-0.05, 0) is 48.7 Å². The van der Waals surface area contributed by atoms with E-state index in [-0.39, 0.29) is 11.9 Å². The summed E-state index contributed by atoms with van der Waals surface area (Å²) < 4.78 is 7.47. The van der Waals surface area contributed by atoms with Crippen LogP contribution in [0.3, 0.4) is 0 Å². The van der Waals surface area contributed by atoms with Crippen molar-refractivity contribution < 1.29 is 9.53 Å². The van der Waals surface area contributed by atoms with E-state index >= 15 is 0 Å². The molecule has 162 valence electrons. The number of amides is 1. The van der Waals surface area contributed by atoms with E-state index in [0.717, 1.165) is 35.7 Å². The normalized spacial score (nSPS) is 17.5. The van der Waals surface area contributed by atoms with Crippen LogP contribution in [-0.2, 0) is 17.6 Å². The average Bonchev–Trinajstić information content (AvgIpc) is 3.21. The third kappa shape index (κ3) is 4.54. The molecular weight excluding hydrogens is 410 g/mol. The first-order valence-electron chi connectivity index (χ1n) is 10.6. The number of carbonyl (C=O) groups excluding carboxylic acids is 1. The molecule has 7 nitrogen and oxygen atoms in total. The standard InChI is InChI=1S/C23H27N5O2S/c1-4-15-7-11-17(12-8-15)24-22(29)21-20(16-9-13-18(14-10-16)30-6-3)27-28-19(5-2)25-26-23(28)31-21/h7-14,20-21,27H,4-6H2,1-3H3,(H,24,29)/t20-,21-/m1/s1. The molecule has 1 aromatic heterocycles. The summed E-state index contributed by atoms with van der Waals surface area (Å²) in [6.45, 7) is 6.72.